The van der Waals surface area contributed by atoms with Crippen LogP contribution < -0.4 is 5.56 Å². The summed E-state index contributed by atoms with van der Waals surface area (Å²) < 4.78 is 1.49. The molecule has 2 aromatic rings. The summed E-state index contributed by atoms with van der Waals surface area (Å²) in [5.41, 5.74) is 0.582. The fourth-order valence-corrected chi connectivity index (χ4v) is 1.85. The third-order valence-corrected chi connectivity index (χ3v) is 3.20. The maximum absolute atomic E-state index is 12.2. The van der Waals surface area contributed by atoms with E-state index in [2.05, 4.69) is 4.98 Å². The van der Waals surface area contributed by atoms with Crippen molar-refractivity contribution in [3.05, 3.63) is 40.9 Å². The van der Waals surface area contributed by atoms with Gasteiger partial charge in [0.05, 0.1) is 17.2 Å². The Morgan fingerprint density at radius 1 is 1.37 bits per heavy atom. The van der Waals surface area contributed by atoms with Gasteiger partial charge in [0.1, 0.15) is 0 Å². The Hall–Kier alpha value is -2.17. The molecule has 0 aliphatic rings. The highest BCUT2D eigenvalue weighted by Crippen LogP contribution is 2.05. The van der Waals surface area contributed by atoms with Gasteiger partial charge in [0.2, 0.25) is 5.91 Å². The number of aromatic nitrogens is 2. The lowest BCUT2D eigenvalue weighted by Crippen LogP contribution is -2.29. The predicted octanol–water partition coefficient (Wildman–Crippen LogP) is 1.26. The van der Waals surface area contributed by atoms with Crippen LogP contribution in [0.2, 0.25) is 0 Å². The molecule has 5 heteroatoms. The maximum Gasteiger partial charge on any atom is 0.261 e. The molecule has 0 atom stereocenters. The summed E-state index contributed by atoms with van der Waals surface area (Å²) in [6, 6.07) is 7.21. The van der Waals surface area contributed by atoms with Crippen molar-refractivity contribution in [1.82, 2.24) is 14.5 Å². The summed E-state index contributed by atoms with van der Waals surface area (Å²) in [5.74, 6) is 0.0301. The minimum absolute atomic E-state index is 0.0301. The Kier molecular flexibility index (Phi) is 3.94. The topological polar surface area (TPSA) is 55.2 Å². The van der Waals surface area contributed by atoms with Crippen LogP contribution in [-0.4, -0.2) is 34.0 Å². The first-order chi connectivity index (χ1) is 9.13. The van der Waals surface area contributed by atoms with Crippen molar-refractivity contribution in [2.75, 3.05) is 13.6 Å². The van der Waals surface area contributed by atoms with Gasteiger partial charge in [-0.1, -0.05) is 12.1 Å². The number of hydrogen-bond donors (Lipinski definition) is 0. The Morgan fingerprint density at radius 3 is 2.84 bits per heavy atom. The first-order valence-electron chi connectivity index (χ1n) is 6.31. The summed E-state index contributed by atoms with van der Waals surface area (Å²) >= 11 is 0. The lowest BCUT2D eigenvalue weighted by molar-refractivity contribution is -0.129. The van der Waals surface area contributed by atoms with Crippen molar-refractivity contribution in [2.24, 2.45) is 0 Å². The van der Waals surface area contributed by atoms with Crippen molar-refractivity contribution in [3.63, 3.8) is 0 Å². The number of carbonyl (C=O) groups is 1. The van der Waals surface area contributed by atoms with E-state index in [0.29, 0.717) is 30.4 Å². The molecule has 0 spiro atoms. The van der Waals surface area contributed by atoms with Crippen LogP contribution in [0.15, 0.2) is 35.4 Å². The number of fused-ring (bicyclic) bond motifs is 1. The quantitative estimate of drug-likeness (QED) is 0.830. The van der Waals surface area contributed by atoms with E-state index in [1.54, 1.807) is 24.1 Å². The van der Waals surface area contributed by atoms with Crippen LogP contribution in [0, 0.1) is 0 Å². The Bertz CT molecular complexity index is 648. The van der Waals surface area contributed by atoms with Gasteiger partial charge in [-0.3, -0.25) is 14.2 Å². The van der Waals surface area contributed by atoms with Crippen LogP contribution in [0.4, 0.5) is 0 Å². The minimum Gasteiger partial charge on any atom is -0.346 e. The normalized spacial score (nSPS) is 10.6. The molecule has 0 radical (unpaired) electrons. The summed E-state index contributed by atoms with van der Waals surface area (Å²) in [4.78, 5) is 29.8. The molecule has 0 saturated heterocycles. The number of amides is 1. The highest BCUT2D eigenvalue weighted by Gasteiger charge is 2.08. The number of hydrogen-bond acceptors (Lipinski definition) is 3. The van der Waals surface area contributed by atoms with Gasteiger partial charge < -0.3 is 4.90 Å². The molecule has 0 aliphatic heterocycles. The van der Waals surface area contributed by atoms with Crippen molar-refractivity contribution in [2.45, 2.75) is 19.9 Å². The van der Waals surface area contributed by atoms with Crippen molar-refractivity contribution < 1.29 is 4.79 Å². The first-order valence-corrected chi connectivity index (χ1v) is 6.31. The molecule has 0 bridgehead atoms. The first kappa shape index (κ1) is 13.3. The fraction of sp³-hybridized carbons (Fsp3) is 0.357. The van der Waals surface area contributed by atoms with E-state index in [0.717, 1.165) is 0 Å². The third kappa shape index (κ3) is 2.81. The van der Waals surface area contributed by atoms with Crippen molar-refractivity contribution in [1.29, 1.82) is 0 Å². The molecule has 0 aliphatic carbocycles. The van der Waals surface area contributed by atoms with Gasteiger partial charge >= 0.3 is 0 Å². The molecule has 0 saturated carbocycles. The molecule has 0 fully saturated rings. The van der Waals surface area contributed by atoms with E-state index < -0.39 is 0 Å². The van der Waals surface area contributed by atoms with Gasteiger partial charge in [-0.25, -0.2) is 4.98 Å². The highest BCUT2D eigenvalue weighted by molar-refractivity contribution is 5.77. The maximum atomic E-state index is 12.2. The molecule has 1 amide bonds. The molecule has 19 heavy (non-hydrogen) atoms. The lowest BCUT2D eigenvalue weighted by Gasteiger charge is -2.14. The van der Waals surface area contributed by atoms with E-state index in [1.807, 2.05) is 19.1 Å². The highest BCUT2D eigenvalue weighted by atomic mass is 16.2. The third-order valence-electron chi connectivity index (χ3n) is 3.20. The SMILES string of the molecule is CCN(C)C(=O)CCn1cnc2ccccc2c1=O. The molecule has 1 aromatic carbocycles. The van der Waals surface area contributed by atoms with Gasteiger partial charge in [-0.15, -0.1) is 0 Å². The van der Waals surface area contributed by atoms with Crippen LogP contribution in [0.3, 0.4) is 0 Å². The molecule has 100 valence electrons. The van der Waals surface area contributed by atoms with Gasteiger partial charge in [0, 0.05) is 26.6 Å². The Morgan fingerprint density at radius 2 is 2.11 bits per heavy atom. The molecule has 1 aromatic heterocycles. The largest absolute Gasteiger partial charge is 0.346 e. The van der Waals surface area contributed by atoms with Crippen LogP contribution in [0.5, 0.6) is 0 Å². The number of aryl methyl sites for hydroxylation is 1. The molecule has 2 rings (SSSR count). The van der Waals surface area contributed by atoms with Crippen LogP contribution in [-0.2, 0) is 11.3 Å². The van der Waals surface area contributed by atoms with Crippen LogP contribution in [0.1, 0.15) is 13.3 Å². The minimum atomic E-state index is -0.0995. The second-order valence-electron chi connectivity index (χ2n) is 4.42. The molecule has 0 unspecified atom stereocenters. The zero-order valence-electron chi connectivity index (χ0n) is 11.2. The number of rotatable bonds is 4. The van der Waals surface area contributed by atoms with Gasteiger partial charge in [-0.05, 0) is 19.1 Å². The molecule has 0 N–H and O–H groups in total. The zero-order valence-corrected chi connectivity index (χ0v) is 11.2. The monoisotopic (exact) mass is 259 g/mol. The summed E-state index contributed by atoms with van der Waals surface area (Å²) in [7, 11) is 1.75. The van der Waals surface area contributed by atoms with Gasteiger partial charge in [-0.2, -0.15) is 0 Å². The van der Waals surface area contributed by atoms with E-state index in [4.69, 9.17) is 0 Å². The van der Waals surface area contributed by atoms with Gasteiger partial charge in [0.15, 0.2) is 0 Å². The van der Waals surface area contributed by atoms with E-state index in [1.165, 1.54) is 10.9 Å². The molecular weight excluding hydrogens is 242 g/mol. The average molecular weight is 259 g/mol. The fourth-order valence-electron chi connectivity index (χ4n) is 1.85. The number of nitrogens with zero attached hydrogens (tertiary/aromatic N) is 3. The van der Waals surface area contributed by atoms with E-state index >= 15 is 0 Å². The predicted molar refractivity (Wildman–Crippen MR) is 73.9 cm³/mol. The lowest BCUT2D eigenvalue weighted by atomic mass is 10.2. The average Bonchev–Trinajstić information content (AvgIpc) is 2.45. The smallest absolute Gasteiger partial charge is 0.261 e. The Balaban J connectivity index is 2.20. The zero-order chi connectivity index (χ0) is 13.8. The Labute approximate surface area is 111 Å². The summed E-state index contributed by atoms with van der Waals surface area (Å²) in [5, 5.41) is 0.585. The molecule has 1 heterocycles. The van der Waals surface area contributed by atoms with Crippen molar-refractivity contribution in [3.8, 4) is 0 Å². The second kappa shape index (κ2) is 5.65. The molecule has 5 nitrogen and oxygen atoms in total. The number of benzene rings is 1. The van der Waals surface area contributed by atoms with Gasteiger partial charge in [0.25, 0.3) is 5.56 Å². The second-order valence-corrected chi connectivity index (χ2v) is 4.42. The molecular formula is C14H17N3O2. The summed E-state index contributed by atoms with van der Waals surface area (Å²) in [6.07, 6.45) is 1.81. The van der Waals surface area contributed by atoms with Crippen LogP contribution >= 0.6 is 0 Å². The summed E-state index contributed by atoms with van der Waals surface area (Å²) in [6.45, 7) is 2.95. The van der Waals surface area contributed by atoms with Crippen molar-refractivity contribution >= 4 is 16.8 Å². The van der Waals surface area contributed by atoms with E-state index in [9.17, 15) is 9.59 Å². The standard InChI is InChI=1S/C14H17N3O2/c1-3-16(2)13(18)8-9-17-10-15-12-7-5-4-6-11(12)14(17)19/h4-7,10H,3,8-9H2,1-2H3. The number of carbonyl (C=O) groups excluding carboxylic acids is 1. The van der Waals surface area contributed by atoms with E-state index in [-0.39, 0.29) is 11.5 Å². The number of para-hydroxylation sites is 1. The van der Waals surface area contributed by atoms with Crippen LogP contribution in [0.25, 0.3) is 10.9 Å².